The van der Waals surface area contributed by atoms with E-state index in [0.717, 1.165) is 31.8 Å². The molecule has 0 atom stereocenters. The average molecular weight is 247 g/mol. The molecule has 0 saturated carbocycles. The summed E-state index contributed by atoms with van der Waals surface area (Å²) in [4.78, 5) is 0. The molecule has 5 nitrogen and oxygen atoms in total. The maximum atomic E-state index is 13.8. The predicted molar refractivity (Wildman–Crippen MR) is 64.0 cm³/mol. The van der Waals surface area contributed by atoms with Crippen LogP contribution in [0, 0.1) is 5.82 Å². The highest BCUT2D eigenvalue weighted by Crippen LogP contribution is 2.25. The largest absolute Gasteiger partial charge is 0.317 e. The van der Waals surface area contributed by atoms with Crippen molar-refractivity contribution in [3.8, 4) is 5.69 Å². The monoisotopic (exact) mass is 247 g/mol. The fraction of sp³-hybridized carbons (Fsp3) is 0.417. The Morgan fingerprint density at radius 3 is 2.78 bits per heavy atom. The fourth-order valence-electron chi connectivity index (χ4n) is 2.32. The molecule has 0 unspecified atom stereocenters. The van der Waals surface area contributed by atoms with E-state index >= 15 is 0 Å². The van der Waals surface area contributed by atoms with Gasteiger partial charge in [0.25, 0.3) is 0 Å². The zero-order valence-electron chi connectivity index (χ0n) is 9.88. The van der Waals surface area contributed by atoms with Gasteiger partial charge in [-0.25, -0.2) is 4.39 Å². The molecule has 1 fully saturated rings. The Morgan fingerprint density at radius 1 is 1.22 bits per heavy atom. The maximum Gasteiger partial charge on any atom is 0.159 e. The molecular weight excluding hydrogens is 233 g/mol. The number of rotatable bonds is 2. The van der Waals surface area contributed by atoms with E-state index in [9.17, 15) is 4.39 Å². The summed E-state index contributed by atoms with van der Waals surface area (Å²) in [6.07, 6.45) is 1.96. The van der Waals surface area contributed by atoms with Crippen LogP contribution in [0.1, 0.15) is 24.6 Å². The molecule has 1 aliphatic rings. The Kier molecular flexibility index (Phi) is 3.02. The zero-order valence-corrected chi connectivity index (χ0v) is 9.88. The second-order valence-corrected chi connectivity index (χ2v) is 4.42. The third-order valence-electron chi connectivity index (χ3n) is 3.28. The number of piperidine rings is 1. The Bertz CT molecular complexity index is 533. The number of benzene rings is 1. The fourth-order valence-corrected chi connectivity index (χ4v) is 2.32. The summed E-state index contributed by atoms with van der Waals surface area (Å²) in [5.41, 5.74) is 0.413. The lowest BCUT2D eigenvalue weighted by Crippen LogP contribution is -2.28. The number of aromatic nitrogens is 4. The number of hydrogen-bond acceptors (Lipinski definition) is 4. The van der Waals surface area contributed by atoms with Crippen LogP contribution in [0.4, 0.5) is 4.39 Å². The van der Waals surface area contributed by atoms with Gasteiger partial charge in [-0.2, -0.15) is 4.68 Å². The second-order valence-electron chi connectivity index (χ2n) is 4.42. The third kappa shape index (κ3) is 1.99. The van der Waals surface area contributed by atoms with E-state index in [0.29, 0.717) is 11.6 Å². The minimum Gasteiger partial charge on any atom is -0.317 e. The number of tetrazole rings is 1. The van der Waals surface area contributed by atoms with Crippen LogP contribution < -0.4 is 5.32 Å². The minimum absolute atomic E-state index is 0.292. The number of para-hydroxylation sites is 1. The first-order valence-corrected chi connectivity index (χ1v) is 6.10. The molecule has 3 rings (SSSR count). The standard InChI is InChI=1S/C12H14FN5/c13-10-3-1-2-4-11(10)18-12(15-16-17-18)9-5-7-14-8-6-9/h1-4,9,14H,5-8H2. The summed E-state index contributed by atoms with van der Waals surface area (Å²) < 4.78 is 15.3. The van der Waals surface area contributed by atoms with Crippen molar-refractivity contribution < 1.29 is 4.39 Å². The first-order chi connectivity index (χ1) is 8.86. The quantitative estimate of drug-likeness (QED) is 0.868. The first-order valence-electron chi connectivity index (χ1n) is 6.10. The van der Waals surface area contributed by atoms with Crippen molar-refractivity contribution in [3.63, 3.8) is 0 Å². The summed E-state index contributed by atoms with van der Waals surface area (Å²) >= 11 is 0. The van der Waals surface area contributed by atoms with Crippen LogP contribution in [0.2, 0.25) is 0 Å². The first kappa shape index (κ1) is 11.3. The molecular formula is C12H14FN5. The second kappa shape index (κ2) is 4.81. The van der Waals surface area contributed by atoms with Gasteiger partial charge in [-0.15, -0.1) is 5.10 Å². The molecule has 1 aromatic carbocycles. The van der Waals surface area contributed by atoms with Crippen molar-refractivity contribution >= 4 is 0 Å². The highest BCUT2D eigenvalue weighted by Gasteiger charge is 2.23. The number of nitrogens with zero attached hydrogens (tertiary/aromatic N) is 4. The lowest BCUT2D eigenvalue weighted by Gasteiger charge is -2.21. The predicted octanol–water partition coefficient (Wildman–Crippen LogP) is 1.27. The Hall–Kier alpha value is -1.82. The van der Waals surface area contributed by atoms with Crippen LogP contribution in [0.5, 0.6) is 0 Å². The zero-order chi connectivity index (χ0) is 12.4. The number of hydrogen-bond donors (Lipinski definition) is 1. The lowest BCUT2D eigenvalue weighted by molar-refractivity contribution is 0.437. The molecule has 1 aliphatic heterocycles. The normalized spacial score (nSPS) is 16.9. The van der Waals surface area contributed by atoms with Crippen molar-refractivity contribution in [1.29, 1.82) is 0 Å². The molecule has 1 N–H and O–H groups in total. The molecule has 0 aliphatic carbocycles. The van der Waals surface area contributed by atoms with E-state index in [1.54, 1.807) is 18.2 Å². The molecule has 1 aromatic heterocycles. The van der Waals surface area contributed by atoms with Gasteiger partial charge in [0.05, 0.1) is 0 Å². The van der Waals surface area contributed by atoms with Gasteiger partial charge in [-0.3, -0.25) is 0 Å². The van der Waals surface area contributed by atoms with Crippen LogP contribution in [-0.4, -0.2) is 33.3 Å². The van der Waals surface area contributed by atoms with Gasteiger partial charge < -0.3 is 5.32 Å². The van der Waals surface area contributed by atoms with E-state index in [1.807, 2.05) is 0 Å². The average Bonchev–Trinajstić information content (AvgIpc) is 2.89. The molecule has 0 bridgehead atoms. The molecule has 0 amide bonds. The van der Waals surface area contributed by atoms with E-state index in [1.165, 1.54) is 10.7 Å². The van der Waals surface area contributed by atoms with E-state index in [2.05, 4.69) is 20.8 Å². The maximum absolute atomic E-state index is 13.8. The molecule has 18 heavy (non-hydrogen) atoms. The lowest BCUT2D eigenvalue weighted by atomic mass is 9.97. The Morgan fingerprint density at radius 2 is 2.00 bits per heavy atom. The van der Waals surface area contributed by atoms with Crippen molar-refractivity contribution in [1.82, 2.24) is 25.5 Å². The summed E-state index contributed by atoms with van der Waals surface area (Å²) in [5, 5.41) is 15.0. The van der Waals surface area contributed by atoms with Crippen LogP contribution >= 0.6 is 0 Å². The van der Waals surface area contributed by atoms with Crippen LogP contribution in [0.15, 0.2) is 24.3 Å². The Balaban J connectivity index is 1.98. The van der Waals surface area contributed by atoms with Crippen molar-refractivity contribution in [3.05, 3.63) is 35.9 Å². The third-order valence-corrected chi connectivity index (χ3v) is 3.28. The van der Waals surface area contributed by atoms with E-state index in [-0.39, 0.29) is 5.82 Å². The summed E-state index contributed by atoms with van der Waals surface area (Å²) in [7, 11) is 0. The van der Waals surface area contributed by atoms with Crippen LogP contribution in [-0.2, 0) is 0 Å². The van der Waals surface area contributed by atoms with Crippen LogP contribution in [0.3, 0.4) is 0 Å². The van der Waals surface area contributed by atoms with Gasteiger partial charge in [0.1, 0.15) is 11.5 Å². The van der Waals surface area contributed by atoms with Crippen molar-refractivity contribution in [2.45, 2.75) is 18.8 Å². The van der Waals surface area contributed by atoms with Gasteiger partial charge in [0.2, 0.25) is 0 Å². The van der Waals surface area contributed by atoms with Crippen LogP contribution in [0.25, 0.3) is 5.69 Å². The summed E-state index contributed by atoms with van der Waals surface area (Å²) in [5.74, 6) is 0.738. The summed E-state index contributed by atoms with van der Waals surface area (Å²) in [6, 6.07) is 6.55. The molecule has 2 heterocycles. The van der Waals surface area contributed by atoms with Gasteiger partial charge in [-0.1, -0.05) is 12.1 Å². The van der Waals surface area contributed by atoms with E-state index < -0.39 is 0 Å². The molecule has 1 saturated heterocycles. The molecule has 2 aromatic rings. The molecule has 6 heteroatoms. The number of halogens is 1. The van der Waals surface area contributed by atoms with Gasteiger partial charge in [0.15, 0.2) is 5.82 Å². The minimum atomic E-state index is -0.306. The summed E-state index contributed by atoms with van der Waals surface area (Å²) in [6.45, 7) is 1.91. The topological polar surface area (TPSA) is 55.6 Å². The molecule has 0 radical (unpaired) electrons. The van der Waals surface area contributed by atoms with Crippen molar-refractivity contribution in [2.24, 2.45) is 0 Å². The Labute approximate surface area is 104 Å². The van der Waals surface area contributed by atoms with Crippen molar-refractivity contribution in [2.75, 3.05) is 13.1 Å². The highest BCUT2D eigenvalue weighted by molar-refractivity contribution is 5.33. The SMILES string of the molecule is Fc1ccccc1-n1nnnc1C1CCNCC1. The van der Waals surface area contributed by atoms with Gasteiger partial charge >= 0.3 is 0 Å². The van der Waals surface area contributed by atoms with Gasteiger partial charge in [-0.05, 0) is 48.5 Å². The highest BCUT2D eigenvalue weighted by atomic mass is 19.1. The van der Waals surface area contributed by atoms with E-state index in [4.69, 9.17) is 0 Å². The molecule has 94 valence electrons. The number of nitrogens with one attached hydrogen (secondary N) is 1. The smallest absolute Gasteiger partial charge is 0.159 e. The molecule has 0 spiro atoms. The van der Waals surface area contributed by atoms with Gasteiger partial charge in [0, 0.05) is 5.92 Å².